The van der Waals surface area contributed by atoms with Gasteiger partial charge in [-0.1, -0.05) is 42.5 Å². The molecule has 0 aliphatic carbocycles. The van der Waals surface area contributed by atoms with Crippen molar-refractivity contribution in [1.82, 2.24) is 10.3 Å². The number of thiazole rings is 1. The van der Waals surface area contributed by atoms with Gasteiger partial charge >= 0.3 is 6.03 Å². The summed E-state index contributed by atoms with van der Waals surface area (Å²) >= 11 is 1.39. The van der Waals surface area contributed by atoms with E-state index in [1.165, 1.54) is 11.3 Å². The number of hydrogen-bond acceptors (Lipinski definition) is 5. The van der Waals surface area contributed by atoms with Crippen LogP contribution in [0, 0.1) is 0 Å². The summed E-state index contributed by atoms with van der Waals surface area (Å²) in [6.07, 6.45) is 1.16. The van der Waals surface area contributed by atoms with Gasteiger partial charge in [0.1, 0.15) is 0 Å². The second kappa shape index (κ2) is 9.16. The molecule has 0 saturated carbocycles. The van der Waals surface area contributed by atoms with Crippen LogP contribution >= 0.6 is 11.3 Å². The first-order chi connectivity index (χ1) is 13.1. The fourth-order valence-electron chi connectivity index (χ4n) is 2.78. The number of carbonyl (C=O) groups is 1. The van der Waals surface area contributed by atoms with E-state index >= 15 is 0 Å². The number of urea groups is 1. The van der Waals surface area contributed by atoms with Gasteiger partial charge in [-0.3, -0.25) is 0 Å². The highest BCUT2D eigenvalue weighted by Crippen LogP contribution is 2.24. The van der Waals surface area contributed by atoms with Crippen LogP contribution in [-0.2, 0) is 6.42 Å². The Bertz CT molecular complexity index is 865. The number of nitrogens with one attached hydrogen (secondary N) is 2. The first-order valence-electron chi connectivity index (χ1n) is 8.68. The number of nitrogen functional groups attached to an aromatic ring is 1. The van der Waals surface area contributed by atoms with E-state index in [-0.39, 0.29) is 18.7 Å². The van der Waals surface area contributed by atoms with Crippen LogP contribution in [0.5, 0.6) is 0 Å². The van der Waals surface area contributed by atoms with Crippen molar-refractivity contribution in [3.8, 4) is 11.3 Å². The molecule has 140 valence electrons. The SMILES string of the molecule is Nc1nc(-c2ccc(NC(=O)N[C@H](CCO)Cc3ccccc3)cc2)cs1. The van der Waals surface area contributed by atoms with E-state index in [4.69, 9.17) is 5.73 Å². The molecule has 1 atom stereocenters. The minimum Gasteiger partial charge on any atom is -0.396 e. The number of nitrogens with two attached hydrogens (primary N) is 1. The lowest BCUT2D eigenvalue weighted by Gasteiger charge is -2.18. The van der Waals surface area contributed by atoms with Crippen LogP contribution in [0.3, 0.4) is 0 Å². The molecule has 2 aromatic carbocycles. The monoisotopic (exact) mass is 382 g/mol. The molecule has 0 unspecified atom stereocenters. The smallest absolute Gasteiger partial charge is 0.319 e. The summed E-state index contributed by atoms with van der Waals surface area (Å²) in [5.41, 5.74) is 9.22. The first kappa shape index (κ1) is 18.9. The molecule has 2 amide bonds. The third-order valence-corrected chi connectivity index (χ3v) is 4.77. The zero-order valence-electron chi connectivity index (χ0n) is 14.8. The normalized spacial score (nSPS) is 11.7. The molecule has 7 heteroatoms. The van der Waals surface area contributed by atoms with Crippen LogP contribution in [0.25, 0.3) is 11.3 Å². The Labute approximate surface area is 162 Å². The maximum Gasteiger partial charge on any atom is 0.319 e. The summed E-state index contributed by atoms with van der Waals surface area (Å²) in [7, 11) is 0. The van der Waals surface area contributed by atoms with Crippen LogP contribution in [0.15, 0.2) is 60.0 Å². The summed E-state index contributed by atoms with van der Waals surface area (Å²) in [4.78, 5) is 16.6. The average molecular weight is 382 g/mol. The Morgan fingerprint density at radius 2 is 1.89 bits per heavy atom. The van der Waals surface area contributed by atoms with Gasteiger partial charge in [-0.25, -0.2) is 9.78 Å². The second-order valence-electron chi connectivity index (χ2n) is 6.15. The van der Waals surface area contributed by atoms with E-state index in [9.17, 15) is 9.90 Å². The van der Waals surface area contributed by atoms with E-state index in [1.807, 2.05) is 60.0 Å². The molecule has 3 rings (SSSR count). The van der Waals surface area contributed by atoms with Gasteiger partial charge in [-0.2, -0.15) is 0 Å². The van der Waals surface area contributed by atoms with Crippen molar-refractivity contribution >= 4 is 28.2 Å². The molecule has 1 heterocycles. The predicted molar refractivity (Wildman–Crippen MR) is 110 cm³/mol. The Balaban J connectivity index is 1.58. The molecular formula is C20H22N4O2S. The molecular weight excluding hydrogens is 360 g/mol. The number of amides is 2. The van der Waals surface area contributed by atoms with Gasteiger partial charge in [0, 0.05) is 29.3 Å². The number of benzene rings is 2. The van der Waals surface area contributed by atoms with Crippen LogP contribution in [0.4, 0.5) is 15.6 Å². The van der Waals surface area contributed by atoms with Gasteiger partial charge in [0.15, 0.2) is 5.13 Å². The van der Waals surface area contributed by atoms with Crippen molar-refractivity contribution in [2.75, 3.05) is 17.7 Å². The molecule has 27 heavy (non-hydrogen) atoms. The van der Waals surface area contributed by atoms with Crippen LogP contribution in [0.2, 0.25) is 0 Å². The zero-order chi connectivity index (χ0) is 19.1. The molecule has 0 fully saturated rings. The second-order valence-corrected chi connectivity index (χ2v) is 7.04. The maximum atomic E-state index is 12.3. The van der Waals surface area contributed by atoms with Crippen molar-refractivity contribution in [2.45, 2.75) is 18.9 Å². The maximum absolute atomic E-state index is 12.3. The average Bonchev–Trinajstić information content (AvgIpc) is 3.10. The highest BCUT2D eigenvalue weighted by atomic mass is 32.1. The lowest BCUT2D eigenvalue weighted by atomic mass is 10.0. The van der Waals surface area contributed by atoms with Gasteiger partial charge in [0.25, 0.3) is 0 Å². The van der Waals surface area contributed by atoms with E-state index in [2.05, 4.69) is 15.6 Å². The number of aliphatic hydroxyl groups is 1. The number of aromatic nitrogens is 1. The molecule has 3 aromatic rings. The van der Waals surface area contributed by atoms with Crippen LogP contribution in [0.1, 0.15) is 12.0 Å². The number of anilines is 2. The Morgan fingerprint density at radius 3 is 2.52 bits per heavy atom. The molecule has 0 bridgehead atoms. The third kappa shape index (κ3) is 5.54. The number of nitrogens with zero attached hydrogens (tertiary/aromatic N) is 1. The lowest BCUT2D eigenvalue weighted by Crippen LogP contribution is -2.39. The van der Waals surface area contributed by atoms with Gasteiger partial charge in [-0.15, -0.1) is 11.3 Å². The quantitative estimate of drug-likeness (QED) is 0.502. The molecule has 5 N–H and O–H groups in total. The third-order valence-electron chi connectivity index (χ3n) is 4.10. The minimum atomic E-state index is -0.296. The van der Waals surface area contributed by atoms with E-state index in [1.54, 1.807) is 0 Å². The summed E-state index contributed by atoms with van der Waals surface area (Å²) in [6, 6.07) is 16.9. The summed E-state index contributed by atoms with van der Waals surface area (Å²) in [6.45, 7) is 0.0171. The fraction of sp³-hybridized carbons (Fsp3) is 0.200. The van der Waals surface area contributed by atoms with E-state index in [0.717, 1.165) is 16.8 Å². The van der Waals surface area contributed by atoms with E-state index in [0.29, 0.717) is 23.7 Å². The van der Waals surface area contributed by atoms with Gasteiger partial charge in [0.05, 0.1) is 5.69 Å². The largest absolute Gasteiger partial charge is 0.396 e. The van der Waals surface area contributed by atoms with Crippen molar-refractivity contribution in [3.63, 3.8) is 0 Å². The predicted octanol–water partition coefficient (Wildman–Crippen LogP) is 3.51. The van der Waals surface area contributed by atoms with Crippen molar-refractivity contribution in [3.05, 3.63) is 65.5 Å². The summed E-state index contributed by atoms with van der Waals surface area (Å²) in [5, 5.41) is 17.4. The Hall–Kier alpha value is -2.90. The molecule has 0 radical (unpaired) electrons. The summed E-state index contributed by atoms with van der Waals surface area (Å²) in [5.74, 6) is 0. The Kier molecular flexibility index (Phi) is 6.40. The number of hydrogen-bond donors (Lipinski definition) is 4. The number of carbonyl (C=O) groups excluding carboxylic acids is 1. The standard InChI is InChI=1S/C20H22N4O2S/c21-19-24-18(13-27-19)15-6-8-16(9-7-15)22-20(26)23-17(10-11-25)12-14-4-2-1-3-5-14/h1-9,13,17,25H,10-12H2,(H2,21,24)(H2,22,23,26)/t17-/m1/s1. The van der Waals surface area contributed by atoms with Crippen LogP contribution < -0.4 is 16.4 Å². The lowest BCUT2D eigenvalue weighted by molar-refractivity contribution is 0.238. The van der Waals surface area contributed by atoms with Gasteiger partial charge in [0.2, 0.25) is 0 Å². The molecule has 0 aliphatic heterocycles. The minimum absolute atomic E-state index is 0.0171. The highest BCUT2D eigenvalue weighted by Gasteiger charge is 2.13. The molecule has 0 saturated heterocycles. The molecule has 0 spiro atoms. The topological polar surface area (TPSA) is 100 Å². The van der Waals surface area contributed by atoms with Crippen molar-refractivity contribution in [1.29, 1.82) is 0 Å². The van der Waals surface area contributed by atoms with Gasteiger partial charge in [-0.05, 0) is 30.5 Å². The molecule has 6 nitrogen and oxygen atoms in total. The van der Waals surface area contributed by atoms with Crippen molar-refractivity contribution < 1.29 is 9.90 Å². The fourth-order valence-corrected chi connectivity index (χ4v) is 3.35. The number of rotatable bonds is 7. The number of aliphatic hydroxyl groups excluding tert-OH is 1. The van der Waals surface area contributed by atoms with Crippen LogP contribution in [-0.4, -0.2) is 28.8 Å². The molecule has 1 aromatic heterocycles. The van der Waals surface area contributed by atoms with Crippen molar-refractivity contribution in [2.24, 2.45) is 0 Å². The van der Waals surface area contributed by atoms with E-state index < -0.39 is 0 Å². The zero-order valence-corrected chi connectivity index (χ0v) is 15.6. The van der Waals surface area contributed by atoms with Gasteiger partial charge < -0.3 is 21.5 Å². The summed E-state index contributed by atoms with van der Waals surface area (Å²) < 4.78 is 0. The highest BCUT2D eigenvalue weighted by molar-refractivity contribution is 7.13. The first-order valence-corrected chi connectivity index (χ1v) is 9.56. The Morgan fingerprint density at radius 1 is 1.15 bits per heavy atom. The molecule has 0 aliphatic rings.